The van der Waals surface area contributed by atoms with Crippen LogP contribution in [-0.2, 0) is 14.3 Å². The summed E-state index contributed by atoms with van der Waals surface area (Å²) in [5.74, 6) is -0.419. The van der Waals surface area contributed by atoms with E-state index in [1.54, 1.807) is 27.7 Å². The summed E-state index contributed by atoms with van der Waals surface area (Å²) < 4.78 is 10.2. The van der Waals surface area contributed by atoms with Crippen LogP contribution in [0.1, 0.15) is 47.0 Å². The van der Waals surface area contributed by atoms with Crippen molar-refractivity contribution < 1.29 is 19.1 Å². The normalized spacial score (nSPS) is 20.9. The van der Waals surface area contributed by atoms with Gasteiger partial charge in [0.15, 0.2) is 0 Å². The maximum atomic E-state index is 12.0. The number of hydrogen-bond donors (Lipinski definition) is 2. The number of nitrogens with one attached hydrogen (secondary N) is 2. The SMILES string of the molecule is CCOC(=O)C(NC(=O)OC(C)(C)C)C1CCCCN1. The van der Waals surface area contributed by atoms with Crippen LogP contribution in [-0.4, -0.2) is 42.9 Å². The van der Waals surface area contributed by atoms with Gasteiger partial charge in [-0.3, -0.25) is 0 Å². The minimum absolute atomic E-state index is 0.102. The second-order valence-corrected chi connectivity index (χ2v) is 5.93. The van der Waals surface area contributed by atoms with E-state index in [0.717, 1.165) is 25.8 Å². The third kappa shape index (κ3) is 5.77. The monoisotopic (exact) mass is 286 g/mol. The lowest BCUT2D eigenvalue weighted by molar-refractivity contribution is -0.146. The molecule has 6 nitrogen and oxygen atoms in total. The van der Waals surface area contributed by atoms with E-state index in [1.165, 1.54) is 0 Å². The molecule has 0 aromatic heterocycles. The van der Waals surface area contributed by atoms with E-state index in [1.807, 2.05) is 0 Å². The van der Waals surface area contributed by atoms with Crippen molar-refractivity contribution in [3.05, 3.63) is 0 Å². The highest BCUT2D eigenvalue weighted by Gasteiger charge is 2.33. The van der Waals surface area contributed by atoms with Gasteiger partial charge in [0, 0.05) is 6.04 Å². The lowest BCUT2D eigenvalue weighted by Crippen LogP contribution is -2.56. The van der Waals surface area contributed by atoms with Crippen LogP contribution in [0.4, 0.5) is 4.79 Å². The number of carbonyl (C=O) groups excluding carboxylic acids is 2. The molecule has 1 aliphatic heterocycles. The molecular formula is C14H26N2O4. The highest BCUT2D eigenvalue weighted by atomic mass is 16.6. The van der Waals surface area contributed by atoms with E-state index in [4.69, 9.17) is 9.47 Å². The Bertz CT molecular complexity index is 333. The van der Waals surface area contributed by atoms with Crippen molar-refractivity contribution in [1.82, 2.24) is 10.6 Å². The lowest BCUT2D eigenvalue weighted by atomic mass is 9.98. The van der Waals surface area contributed by atoms with Crippen molar-refractivity contribution in [2.75, 3.05) is 13.2 Å². The minimum Gasteiger partial charge on any atom is -0.464 e. The molecule has 0 bridgehead atoms. The van der Waals surface area contributed by atoms with E-state index < -0.39 is 23.7 Å². The van der Waals surface area contributed by atoms with Crippen molar-refractivity contribution in [1.29, 1.82) is 0 Å². The molecule has 20 heavy (non-hydrogen) atoms. The Balaban J connectivity index is 2.66. The number of ether oxygens (including phenoxy) is 2. The van der Waals surface area contributed by atoms with Gasteiger partial charge in [0.1, 0.15) is 11.6 Å². The maximum Gasteiger partial charge on any atom is 0.408 e. The molecule has 1 saturated heterocycles. The second kappa shape index (κ2) is 7.47. The van der Waals surface area contributed by atoms with Gasteiger partial charge >= 0.3 is 12.1 Å². The van der Waals surface area contributed by atoms with Crippen molar-refractivity contribution in [2.45, 2.75) is 64.6 Å². The van der Waals surface area contributed by atoms with Gasteiger partial charge in [0.25, 0.3) is 0 Å². The fourth-order valence-corrected chi connectivity index (χ4v) is 2.15. The summed E-state index contributed by atoms with van der Waals surface area (Å²) in [6.07, 6.45) is 2.35. The molecule has 0 radical (unpaired) electrons. The smallest absolute Gasteiger partial charge is 0.408 e. The second-order valence-electron chi connectivity index (χ2n) is 5.93. The quantitative estimate of drug-likeness (QED) is 0.767. The van der Waals surface area contributed by atoms with Crippen molar-refractivity contribution in [3.8, 4) is 0 Å². The Hall–Kier alpha value is -1.30. The van der Waals surface area contributed by atoms with Gasteiger partial charge in [0.2, 0.25) is 0 Å². The van der Waals surface area contributed by atoms with Crippen LogP contribution in [0, 0.1) is 0 Å². The van der Waals surface area contributed by atoms with E-state index in [9.17, 15) is 9.59 Å². The molecular weight excluding hydrogens is 260 g/mol. The van der Waals surface area contributed by atoms with Crippen LogP contribution >= 0.6 is 0 Å². The number of amides is 1. The van der Waals surface area contributed by atoms with Gasteiger partial charge in [-0.05, 0) is 47.1 Å². The average Bonchev–Trinajstić information content (AvgIpc) is 2.35. The summed E-state index contributed by atoms with van der Waals surface area (Å²) in [7, 11) is 0. The van der Waals surface area contributed by atoms with Crippen LogP contribution in [0.25, 0.3) is 0 Å². The third-order valence-corrected chi connectivity index (χ3v) is 2.96. The first-order valence-electron chi connectivity index (χ1n) is 7.23. The van der Waals surface area contributed by atoms with Crippen LogP contribution in [0.2, 0.25) is 0 Å². The molecule has 1 rings (SSSR count). The van der Waals surface area contributed by atoms with Crippen LogP contribution in [0.3, 0.4) is 0 Å². The van der Waals surface area contributed by atoms with Crippen molar-refractivity contribution in [3.63, 3.8) is 0 Å². The fraction of sp³-hybridized carbons (Fsp3) is 0.857. The summed E-state index contributed by atoms with van der Waals surface area (Å²) in [6, 6.07) is -0.805. The lowest BCUT2D eigenvalue weighted by Gasteiger charge is -2.31. The molecule has 1 heterocycles. The summed E-state index contributed by atoms with van der Waals surface area (Å²) in [5, 5.41) is 5.89. The standard InChI is InChI=1S/C14H26N2O4/c1-5-19-12(17)11(10-8-6-7-9-15-10)16-13(18)20-14(2,3)4/h10-11,15H,5-9H2,1-4H3,(H,16,18). The zero-order chi connectivity index (χ0) is 15.2. The molecule has 6 heteroatoms. The van der Waals surface area contributed by atoms with Crippen molar-refractivity contribution >= 4 is 12.1 Å². The molecule has 0 aromatic carbocycles. The first-order valence-corrected chi connectivity index (χ1v) is 7.23. The number of hydrogen-bond acceptors (Lipinski definition) is 5. The van der Waals surface area contributed by atoms with Crippen molar-refractivity contribution in [2.24, 2.45) is 0 Å². The Morgan fingerprint density at radius 1 is 1.35 bits per heavy atom. The number of carbonyl (C=O) groups is 2. The molecule has 0 aliphatic carbocycles. The van der Waals surface area contributed by atoms with E-state index >= 15 is 0 Å². The highest BCUT2D eigenvalue weighted by molar-refractivity contribution is 5.82. The highest BCUT2D eigenvalue weighted by Crippen LogP contribution is 2.13. The first-order chi connectivity index (χ1) is 9.33. The molecule has 1 amide bonds. The summed E-state index contributed by atoms with van der Waals surface area (Å²) in [6.45, 7) is 8.23. The van der Waals surface area contributed by atoms with Crippen LogP contribution < -0.4 is 10.6 Å². The molecule has 2 atom stereocenters. The fourth-order valence-electron chi connectivity index (χ4n) is 2.15. The molecule has 2 N–H and O–H groups in total. The van der Waals surface area contributed by atoms with Gasteiger partial charge < -0.3 is 20.1 Å². The third-order valence-electron chi connectivity index (χ3n) is 2.96. The van der Waals surface area contributed by atoms with E-state index in [2.05, 4.69) is 10.6 Å². The topological polar surface area (TPSA) is 76.7 Å². The number of esters is 1. The van der Waals surface area contributed by atoms with Gasteiger partial charge in [-0.2, -0.15) is 0 Å². The largest absolute Gasteiger partial charge is 0.464 e. The Kier molecular flexibility index (Phi) is 6.26. The summed E-state index contributed by atoms with van der Waals surface area (Å²) in [4.78, 5) is 23.9. The maximum absolute atomic E-state index is 12.0. The van der Waals surface area contributed by atoms with Crippen LogP contribution in [0.5, 0.6) is 0 Å². The number of alkyl carbamates (subject to hydrolysis) is 1. The van der Waals surface area contributed by atoms with Gasteiger partial charge in [-0.1, -0.05) is 6.42 Å². The molecule has 0 saturated carbocycles. The van der Waals surface area contributed by atoms with Gasteiger partial charge in [0.05, 0.1) is 6.61 Å². The Labute approximate surface area is 120 Å². The predicted molar refractivity (Wildman–Crippen MR) is 75.4 cm³/mol. The zero-order valence-electron chi connectivity index (χ0n) is 12.8. The molecule has 116 valence electrons. The summed E-state index contributed by atoms with van der Waals surface area (Å²) in [5.41, 5.74) is -0.594. The predicted octanol–water partition coefficient (Wildman–Crippen LogP) is 1.58. The average molecular weight is 286 g/mol. The Morgan fingerprint density at radius 3 is 2.55 bits per heavy atom. The summed E-state index contributed by atoms with van der Waals surface area (Å²) >= 11 is 0. The van der Waals surface area contributed by atoms with E-state index in [-0.39, 0.29) is 12.6 Å². The van der Waals surface area contributed by atoms with E-state index in [0.29, 0.717) is 0 Å². The van der Waals surface area contributed by atoms with Gasteiger partial charge in [-0.25, -0.2) is 9.59 Å². The molecule has 1 fully saturated rings. The molecule has 1 aliphatic rings. The number of piperidine rings is 1. The minimum atomic E-state index is -0.704. The molecule has 2 unspecified atom stereocenters. The molecule has 0 aromatic rings. The Morgan fingerprint density at radius 2 is 2.05 bits per heavy atom. The van der Waals surface area contributed by atoms with Gasteiger partial charge in [-0.15, -0.1) is 0 Å². The molecule has 0 spiro atoms. The zero-order valence-corrected chi connectivity index (χ0v) is 12.8. The van der Waals surface area contributed by atoms with Crippen LogP contribution in [0.15, 0.2) is 0 Å². The number of rotatable bonds is 4. The first kappa shape index (κ1) is 16.8.